The van der Waals surface area contributed by atoms with Crippen molar-refractivity contribution in [1.29, 1.82) is 0 Å². The van der Waals surface area contributed by atoms with Crippen LogP contribution in [0, 0.1) is 0 Å². The Balaban J connectivity index is 1.68. The highest BCUT2D eigenvalue weighted by molar-refractivity contribution is 5.95. The second-order valence-electron chi connectivity index (χ2n) is 5.13. The van der Waals surface area contributed by atoms with Crippen LogP contribution in [0.5, 0.6) is 11.5 Å². The molecule has 0 saturated carbocycles. The summed E-state index contributed by atoms with van der Waals surface area (Å²) in [6, 6.07) is 4.11. The number of aromatic hydroxyl groups is 1. The van der Waals surface area contributed by atoms with Gasteiger partial charge in [-0.05, 0) is 18.2 Å². The van der Waals surface area contributed by atoms with Crippen LogP contribution >= 0.6 is 0 Å². The molecule has 1 aromatic carbocycles. The highest BCUT2D eigenvalue weighted by Crippen LogP contribution is 2.28. The zero-order valence-electron chi connectivity index (χ0n) is 11.5. The average molecular weight is 295 g/mol. The first kappa shape index (κ1) is 14.1. The van der Waals surface area contributed by atoms with Gasteiger partial charge in [-0.2, -0.15) is 0 Å². The smallest absolute Gasteiger partial charge is 0.251 e. The van der Waals surface area contributed by atoms with Gasteiger partial charge in [0.25, 0.3) is 5.91 Å². The van der Waals surface area contributed by atoms with Crippen molar-refractivity contribution < 1.29 is 29.2 Å². The third-order valence-electron chi connectivity index (χ3n) is 3.78. The SMILES string of the molecule is COc1ccc(C(=O)N[C@H]2CO[C@H]3[C@@H]2OC[C@H]3O)cc1O. The highest BCUT2D eigenvalue weighted by Gasteiger charge is 2.47. The maximum Gasteiger partial charge on any atom is 0.251 e. The van der Waals surface area contributed by atoms with E-state index in [0.29, 0.717) is 17.9 Å². The molecule has 7 heteroatoms. The number of aliphatic hydroxyl groups is 1. The Bertz CT molecular complexity index is 548. The van der Waals surface area contributed by atoms with Crippen molar-refractivity contribution in [2.75, 3.05) is 20.3 Å². The van der Waals surface area contributed by atoms with Gasteiger partial charge in [0.15, 0.2) is 11.5 Å². The van der Waals surface area contributed by atoms with E-state index in [9.17, 15) is 15.0 Å². The number of rotatable bonds is 3. The molecule has 0 aromatic heterocycles. The van der Waals surface area contributed by atoms with Crippen molar-refractivity contribution in [1.82, 2.24) is 5.32 Å². The zero-order chi connectivity index (χ0) is 15.0. The monoisotopic (exact) mass is 295 g/mol. The Hall–Kier alpha value is -1.83. The number of phenols is 1. The van der Waals surface area contributed by atoms with Crippen LogP contribution in [0.4, 0.5) is 0 Å². The molecule has 2 heterocycles. The van der Waals surface area contributed by atoms with Gasteiger partial charge in [-0.15, -0.1) is 0 Å². The lowest BCUT2D eigenvalue weighted by Gasteiger charge is -2.17. The maximum absolute atomic E-state index is 12.2. The second kappa shape index (κ2) is 5.51. The van der Waals surface area contributed by atoms with Gasteiger partial charge in [0, 0.05) is 5.56 Å². The summed E-state index contributed by atoms with van der Waals surface area (Å²) in [6.45, 7) is 0.505. The molecule has 2 saturated heterocycles. The molecule has 0 bridgehead atoms. The van der Waals surface area contributed by atoms with Gasteiger partial charge in [0.1, 0.15) is 18.3 Å². The summed E-state index contributed by atoms with van der Waals surface area (Å²) in [5, 5.41) is 22.2. The largest absolute Gasteiger partial charge is 0.504 e. The van der Waals surface area contributed by atoms with Crippen LogP contribution in [0.25, 0.3) is 0 Å². The van der Waals surface area contributed by atoms with Crippen LogP contribution in [0.1, 0.15) is 10.4 Å². The maximum atomic E-state index is 12.2. The van der Waals surface area contributed by atoms with Crippen LogP contribution in [-0.2, 0) is 9.47 Å². The van der Waals surface area contributed by atoms with Crippen molar-refractivity contribution >= 4 is 5.91 Å². The number of nitrogens with one attached hydrogen (secondary N) is 1. The number of benzene rings is 1. The number of carbonyl (C=O) groups excluding carboxylic acids is 1. The lowest BCUT2D eigenvalue weighted by Crippen LogP contribution is -2.44. The van der Waals surface area contributed by atoms with Crippen molar-refractivity contribution in [3.8, 4) is 11.5 Å². The van der Waals surface area contributed by atoms with Gasteiger partial charge in [-0.1, -0.05) is 0 Å². The Morgan fingerprint density at radius 2 is 2.10 bits per heavy atom. The quantitative estimate of drug-likeness (QED) is 0.706. The second-order valence-corrected chi connectivity index (χ2v) is 5.13. The fourth-order valence-electron chi connectivity index (χ4n) is 2.69. The van der Waals surface area contributed by atoms with Gasteiger partial charge in [-0.25, -0.2) is 0 Å². The molecule has 21 heavy (non-hydrogen) atoms. The molecule has 2 aliphatic rings. The standard InChI is InChI=1S/C14H17NO6/c1-19-11-3-2-7(4-9(11)16)14(18)15-8-5-20-13-10(17)6-21-12(8)13/h2-4,8,10,12-13,16-17H,5-6H2,1H3,(H,15,18)/t8-,10+,12+,13+/m0/s1. The van der Waals surface area contributed by atoms with E-state index in [1.54, 1.807) is 6.07 Å². The first-order chi connectivity index (χ1) is 10.1. The molecule has 0 radical (unpaired) electrons. The number of fused-ring (bicyclic) bond motifs is 1. The van der Waals surface area contributed by atoms with E-state index >= 15 is 0 Å². The summed E-state index contributed by atoms with van der Waals surface area (Å²) in [5.74, 6) is -0.136. The number of hydrogen-bond acceptors (Lipinski definition) is 6. The van der Waals surface area contributed by atoms with Crippen LogP contribution < -0.4 is 10.1 Å². The predicted octanol–water partition coefficient (Wildman–Crippen LogP) is -0.342. The van der Waals surface area contributed by atoms with E-state index in [1.165, 1.54) is 19.2 Å². The fraction of sp³-hybridized carbons (Fsp3) is 0.500. The zero-order valence-corrected chi connectivity index (χ0v) is 11.5. The third kappa shape index (κ3) is 2.55. The Kier molecular flexibility index (Phi) is 3.71. The number of carbonyl (C=O) groups is 1. The summed E-state index contributed by atoms with van der Waals surface area (Å²) >= 11 is 0. The lowest BCUT2D eigenvalue weighted by atomic mass is 10.1. The molecule has 3 N–H and O–H groups in total. The predicted molar refractivity (Wildman–Crippen MR) is 71.4 cm³/mol. The first-order valence-electron chi connectivity index (χ1n) is 6.69. The summed E-state index contributed by atoms with van der Waals surface area (Å²) < 4.78 is 15.8. The third-order valence-corrected chi connectivity index (χ3v) is 3.78. The van der Waals surface area contributed by atoms with Crippen LogP contribution in [0.2, 0.25) is 0 Å². The van der Waals surface area contributed by atoms with Gasteiger partial charge in [0.05, 0.1) is 26.4 Å². The van der Waals surface area contributed by atoms with Crippen LogP contribution in [0.15, 0.2) is 18.2 Å². The molecule has 114 valence electrons. The van der Waals surface area contributed by atoms with Crippen molar-refractivity contribution in [2.24, 2.45) is 0 Å². The van der Waals surface area contributed by atoms with E-state index in [1.807, 2.05) is 0 Å². The molecule has 0 spiro atoms. The highest BCUT2D eigenvalue weighted by atomic mass is 16.6. The summed E-state index contributed by atoms with van der Waals surface area (Å²) in [6.07, 6.45) is -1.38. The minimum atomic E-state index is -0.651. The van der Waals surface area contributed by atoms with E-state index in [-0.39, 0.29) is 36.5 Å². The minimum absolute atomic E-state index is 0.0989. The molecular formula is C14H17NO6. The van der Waals surface area contributed by atoms with Crippen molar-refractivity contribution in [2.45, 2.75) is 24.4 Å². The lowest BCUT2D eigenvalue weighted by molar-refractivity contribution is 0.0178. The summed E-state index contributed by atoms with van der Waals surface area (Å²) in [7, 11) is 1.44. The van der Waals surface area contributed by atoms with Crippen molar-refractivity contribution in [3.63, 3.8) is 0 Å². The normalized spacial score (nSPS) is 31.0. The average Bonchev–Trinajstić information content (AvgIpc) is 3.03. The number of methoxy groups -OCH3 is 1. The minimum Gasteiger partial charge on any atom is -0.504 e. The summed E-state index contributed by atoms with van der Waals surface area (Å²) in [4.78, 5) is 12.2. The van der Waals surface area contributed by atoms with Gasteiger partial charge in [-0.3, -0.25) is 4.79 Å². The molecule has 3 rings (SSSR count). The number of ether oxygens (including phenoxy) is 3. The summed E-state index contributed by atoms with van der Waals surface area (Å²) in [5.41, 5.74) is 0.315. The molecule has 7 nitrogen and oxygen atoms in total. The van der Waals surface area contributed by atoms with E-state index in [2.05, 4.69) is 5.32 Å². The van der Waals surface area contributed by atoms with Gasteiger partial charge < -0.3 is 29.7 Å². The molecule has 0 aliphatic carbocycles. The molecular weight excluding hydrogens is 278 g/mol. The Morgan fingerprint density at radius 1 is 1.33 bits per heavy atom. The molecule has 2 aliphatic heterocycles. The van der Waals surface area contributed by atoms with Gasteiger partial charge >= 0.3 is 0 Å². The molecule has 2 fully saturated rings. The van der Waals surface area contributed by atoms with Crippen molar-refractivity contribution in [3.05, 3.63) is 23.8 Å². The van der Waals surface area contributed by atoms with Crippen LogP contribution in [-0.4, -0.2) is 60.8 Å². The number of phenolic OH excluding ortho intramolecular Hbond substituents is 1. The van der Waals surface area contributed by atoms with Gasteiger partial charge in [0.2, 0.25) is 0 Å². The molecule has 4 atom stereocenters. The number of hydrogen-bond donors (Lipinski definition) is 3. The van der Waals surface area contributed by atoms with E-state index in [4.69, 9.17) is 14.2 Å². The van der Waals surface area contributed by atoms with Crippen LogP contribution in [0.3, 0.4) is 0 Å². The molecule has 1 aromatic rings. The number of amides is 1. The van der Waals surface area contributed by atoms with E-state index in [0.717, 1.165) is 0 Å². The molecule has 0 unspecified atom stereocenters. The fourth-order valence-corrected chi connectivity index (χ4v) is 2.69. The Morgan fingerprint density at radius 3 is 2.81 bits per heavy atom. The molecule has 1 amide bonds. The Labute approximate surface area is 121 Å². The van der Waals surface area contributed by atoms with E-state index < -0.39 is 6.10 Å². The topological polar surface area (TPSA) is 97.3 Å². The number of aliphatic hydroxyl groups excluding tert-OH is 1. The first-order valence-corrected chi connectivity index (χ1v) is 6.69.